The molecule has 0 radical (unpaired) electrons. The van der Waals surface area contributed by atoms with Crippen LogP contribution in [0.1, 0.15) is 72.4 Å². The summed E-state index contributed by atoms with van der Waals surface area (Å²) in [6.45, 7) is 6.89. The average Bonchev–Trinajstić information content (AvgIpc) is 3.04. The third-order valence-corrected chi connectivity index (χ3v) is 5.66. The van der Waals surface area contributed by atoms with E-state index in [-0.39, 0.29) is 12.0 Å². The Morgan fingerprint density at radius 2 is 2.27 bits per heavy atom. The number of aromatic nitrogens is 1. The van der Waals surface area contributed by atoms with Gasteiger partial charge in [-0.25, -0.2) is 9.78 Å². The lowest BCUT2D eigenvalue weighted by molar-refractivity contribution is 0.0531. The number of ether oxygens (including phenoxy) is 1. The maximum Gasteiger partial charge on any atom is 0.350 e. The molecule has 0 aromatic carbocycles. The third kappa shape index (κ3) is 5.83. The predicted molar refractivity (Wildman–Crippen MR) is 107 cm³/mol. The molecule has 144 valence electrons. The highest BCUT2D eigenvalue weighted by Gasteiger charge is 2.20. The van der Waals surface area contributed by atoms with Gasteiger partial charge in [0.25, 0.3) is 0 Å². The van der Waals surface area contributed by atoms with E-state index >= 15 is 0 Å². The van der Waals surface area contributed by atoms with Crippen molar-refractivity contribution >= 4 is 23.3 Å². The zero-order valence-electron chi connectivity index (χ0n) is 16.2. The van der Waals surface area contributed by atoms with E-state index in [1.165, 1.54) is 37.0 Å². The lowest BCUT2D eigenvalue weighted by Crippen LogP contribution is -2.39. The number of esters is 1. The molecule has 0 saturated carbocycles. The molecule has 1 unspecified atom stereocenters. The summed E-state index contributed by atoms with van der Waals surface area (Å²) in [5, 5.41) is 7.56. The highest BCUT2D eigenvalue weighted by Crippen LogP contribution is 2.24. The Hall–Kier alpha value is -1.89. The molecule has 1 aliphatic rings. The Bertz CT molecular complexity index is 666. The lowest BCUT2D eigenvalue weighted by Gasteiger charge is -2.17. The maximum absolute atomic E-state index is 12.0. The van der Waals surface area contributed by atoms with Gasteiger partial charge in [0.2, 0.25) is 0 Å². The van der Waals surface area contributed by atoms with Crippen molar-refractivity contribution in [1.29, 1.82) is 0 Å². The van der Waals surface area contributed by atoms with E-state index in [4.69, 9.17) is 4.74 Å². The Morgan fingerprint density at radius 1 is 1.46 bits per heavy atom. The summed E-state index contributed by atoms with van der Waals surface area (Å²) in [7, 11) is 1.76. The van der Waals surface area contributed by atoms with E-state index in [1.54, 1.807) is 19.5 Å². The zero-order valence-corrected chi connectivity index (χ0v) is 17.0. The van der Waals surface area contributed by atoms with Crippen molar-refractivity contribution in [3.63, 3.8) is 0 Å². The summed E-state index contributed by atoms with van der Waals surface area (Å²) in [6, 6.07) is -0.0398. The first-order valence-electron chi connectivity index (χ1n) is 9.34. The van der Waals surface area contributed by atoms with Crippen molar-refractivity contribution in [1.82, 2.24) is 15.6 Å². The molecule has 0 aliphatic heterocycles. The van der Waals surface area contributed by atoms with Gasteiger partial charge in [0.15, 0.2) is 5.96 Å². The number of hydrogen-bond acceptors (Lipinski definition) is 5. The molecule has 1 aliphatic carbocycles. The third-order valence-electron chi connectivity index (χ3n) is 4.34. The second-order valence-electron chi connectivity index (χ2n) is 6.41. The number of nitrogens with one attached hydrogen (secondary N) is 2. The maximum atomic E-state index is 12.0. The van der Waals surface area contributed by atoms with Crippen molar-refractivity contribution in [3.8, 4) is 0 Å². The van der Waals surface area contributed by atoms with Gasteiger partial charge >= 0.3 is 5.97 Å². The number of guanidine groups is 1. The van der Waals surface area contributed by atoms with Gasteiger partial charge in [-0.1, -0.05) is 11.6 Å². The van der Waals surface area contributed by atoms with Gasteiger partial charge in [0.1, 0.15) is 9.88 Å². The Labute approximate surface area is 160 Å². The molecule has 1 aromatic rings. The molecule has 2 rings (SSSR count). The minimum atomic E-state index is -0.302. The SMILES string of the molecule is CCOC(=O)c1sc(C(C)NC(=NC)NCCC2=CCCCC2)nc1C. The summed E-state index contributed by atoms with van der Waals surface area (Å²) < 4.78 is 5.08. The second-order valence-corrected chi connectivity index (χ2v) is 7.44. The van der Waals surface area contributed by atoms with Crippen molar-refractivity contribution < 1.29 is 9.53 Å². The molecule has 6 nitrogen and oxygen atoms in total. The number of aliphatic imine (C=N–C) groups is 1. The summed E-state index contributed by atoms with van der Waals surface area (Å²) in [6.07, 6.45) is 8.49. The van der Waals surface area contributed by atoms with Gasteiger partial charge < -0.3 is 15.4 Å². The molecule has 0 bridgehead atoms. The van der Waals surface area contributed by atoms with E-state index in [0.717, 1.165) is 23.9 Å². The van der Waals surface area contributed by atoms with E-state index in [1.807, 2.05) is 13.8 Å². The number of carbonyl (C=O) groups is 1. The highest BCUT2D eigenvalue weighted by molar-refractivity contribution is 7.13. The molecule has 0 fully saturated rings. The minimum Gasteiger partial charge on any atom is -0.462 e. The van der Waals surface area contributed by atoms with Gasteiger partial charge in [-0.3, -0.25) is 4.99 Å². The van der Waals surface area contributed by atoms with Gasteiger partial charge in [-0.15, -0.1) is 11.3 Å². The van der Waals surface area contributed by atoms with E-state index < -0.39 is 0 Å². The average molecular weight is 379 g/mol. The molecule has 26 heavy (non-hydrogen) atoms. The zero-order chi connectivity index (χ0) is 18.9. The van der Waals surface area contributed by atoms with Crippen LogP contribution in [0.2, 0.25) is 0 Å². The normalized spacial score (nSPS) is 16.0. The van der Waals surface area contributed by atoms with Gasteiger partial charge in [-0.05, 0) is 52.9 Å². The number of allylic oxidation sites excluding steroid dienone is 1. The quantitative estimate of drug-likeness (QED) is 0.327. The molecule has 2 N–H and O–H groups in total. The molecule has 0 spiro atoms. The van der Waals surface area contributed by atoms with Crippen molar-refractivity contribution in [2.75, 3.05) is 20.2 Å². The topological polar surface area (TPSA) is 75.6 Å². The molecule has 0 saturated heterocycles. The fraction of sp³-hybridized carbons (Fsp3) is 0.632. The van der Waals surface area contributed by atoms with Crippen molar-refractivity contribution in [2.45, 2.75) is 58.9 Å². The monoisotopic (exact) mass is 378 g/mol. The van der Waals surface area contributed by atoms with Crippen LogP contribution in [0.4, 0.5) is 0 Å². The van der Waals surface area contributed by atoms with Crippen molar-refractivity contribution in [2.24, 2.45) is 4.99 Å². The fourth-order valence-electron chi connectivity index (χ4n) is 2.92. The van der Waals surface area contributed by atoms with Crippen LogP contribution in [0.15, 0.2) is 16.6 Å². The molecule has 0 amide bonds. The number of rotatable bonds is 7. The lowest BCUT2D eigenvalue weighted by atomic mass is 9.97. The standard InChI is InChI=1S/C19H30N4O2S/c1-5-25-18(24)16-13(2)22-17(26-16)14(3)23-19(20-4)21-12-11-15-9-7-6-8-10-15/h9,14H,5-8,10-12H2,1-4H3,(H2,20,21,23). The van der Waals surface area contributed by atoms with Gasteiger partial charge in [-0.2, -0.15) is 0 Å². The molecule has 1 heterocycles. The summed E-state index contributed by atoms with van der Waals surface area (Å²) in [5.74, 6) is 0.448. The first-order valence-corrected chi connectivity index (χ1v) is 10.2. The van der Waals surface area contributed by atoms with Crippen LogP contribution >= 0.6 is 11.3 Å². The second kappa shape index (κ2) is 10.3. The number of hydrogen-bond donors (Lipinski definition) is 2. The van der Waals surface area contributed by atoms with Crippen molar-refractivity contribution in [3.05, 3.63) is 27.2 Å². The van der Waals surface area contributed by atoms with Crippen LogP contribution in [0.3, 0.4) is 0 Å². The summed E-state index contributed by atoms with van der Waals surface area (Å²) in [4.78, 5) is 21.3. The van der Waals surface area contributed by atoms with E-state index in [2.05, 4.69) is 26.7 Å². The molecule has 1 aromatic heterocycles. The molecular weight excluding hydrogens is 348 g/mol. The van der Waals surface area contributed by atoms with Crippen LogP contribution < -0.4 is 10.6 Å². The first-order chi connectivity index (χ1) is 12.5. The summed E-state index contributed by atoms with van der Waals surface area (Å²) >= 11 is 1.37. The Kier molecular flexibility index (Phi) is 8.09. The van der Waals surface area contributed by atoms with E-state index in [9.17, 15) is 4.79 Å². The smallest absolute Gasteiger partial charge is 0.350 e. The van der Waals surface area contributed by atoms with Crippen LogP contribution in [0.25, 0.3) is 0 Å². The number of aryl methyl sites for hydroxylation is 1. The van der Waals surface area contributed by atoms with E-state index in [0.29, 0.717) is 17.2 Å². The predicted octanol–water partition coefficient (Wildman–Crippen LogP) is 3.74. The summed E-state index contributed by atoms with van der Waals surface area (Å²) in [5.41, 5.74) is 2.26. The molecule has 1 atom stereocenters. The van der Waals surface area contributed by atoms with Gasteiger partial charge in [0, 0.05) is 13.6 Å². The highest BCUT2D eigenvalue weighted by atomic mass is 32.1. The van der Waals surface area contributed by atoms with Crippen LogP contribution in [-0.2, 0) is 4.74 Å². The Balaban J connectivity index is 1.88. The van der Waals surface area contributed by atoms with Crippen LogP contribution in [-0.4, -0.2) is 37.1 Å². The van der Waals surface area contributed by atoms with Crippen LogP contribution in [0, 0.1) is 6.92 Å². The van der Waals surface area contributed by atoms with Crippen LogP contribution in [0.5, 0.6) is 0 Å². The molecular formula is C19H30N4O2S. The van der Waals surface area contributed by atoms with Gasteiger partial charge in [0.05, 0.1) is 18.3 Å². The molecule has 7 heteroatoms. The number of nitrogens with zero attached hydrogens (tertiary/aromatic N) is 2. The largest absolute Gasteiger partial charge is 0.462 e. The number of carbonyl (C=O) groups excluding carboxylic acids is 1. The minimum absolute atomic E-state index is 0.0398. The number of thiazole rings is 1. The first kappa shape index (κ1) is 20.4. The fourth-order valence-corrected chi connectivity index (χ4v) is 3.89. The Morgan fingerprint density at radius 3 is 2.92 bits per heavy atom.